The SMILES string of the molecule is COc1cccc(CN2CCC(C)(CN)C2)c1OC(C)C.Cl. The van der Waals surface area contributed by atoms with Crippen molar-refractivity contribution in [3.8, 4) is 11.5 Å². The number of hydrogen-bond donors (Lipinski definition) is 1. The van der Waals surface area contributed by atoms with Crippen LogP contribution in [0, 0.1) is 5.41 Å². The van der Waals surface area contributed by atoms with E-state index in [1.54, 1.807) is 7.11 Å². The molecule has 1 atom stereocenters. The molecule has 0 saturated carbocycles. The first-order chi connectivity index (χ1) is 9.97. The van der Waals surface area contributed by atoms with Crippen LogP contribution < -0.4 is 15.2 Å². The number of nitrogens with zero attached hydrogens (tertiary/aromatic N) is 1. The van der Waals surface area contributed by atoms with Crippen LogP contribution in [0.2, 0.25) is 0 Å². The lowest BCUT2D eigenvalue weighted by Crippen LogP contribution is -2.31. The number of halogens is 1. The molecule has 1 unspecified atom stereocenters. The van der Waals surface area contributed by atoms with Crippen molar-refractivity contribution in [3.63, 3.8) is 0 Å². The first-order valence-electron chi connectivity index (χ1n) is 7.72. The van der Waals surface area contributed by atoms with Gasteiger partial charge in [0.1, 0.15) is 0 Å². The van der Waals surface area contributed by atoms with E-state index in [0.717, 1.165) is 44.1 Å². The van der Waals surface area contributed by atoms with Gasteiger partial charge in [-0.05, 0) is 44.8 Å². The van der Waals surface area contributed by atoms with Crippen molar-refractivity contribution in [3.05, 3.63) is 23.8 Å². The molecule has 1 aromatic carbocycles. The van der Waals surface area contributed by atoms with Crippen LogP contribution >= 0.6 is 12.4 Å². The van der Waals surface area contributed by atoms with Crippen LogP contribution in [0.4, 0.5) is 0 Å². The third-order valence-corrected chi connectivity index (χ3v) is 4.16. The Kier molecular flexibility index (Phi) is 6.98. The van der Waals surface area contributed by atoms with Gasteiger partial charge in [-0.2, -0.15) is 0 Å². The Hall–Kier alpha value is -0.970. The van der Waals surface area contributed by atoms with Gasteiger partial charge < -0.3 is 15.2 Å². The summed E-state index contributed by atoms with van der Waals surface area (Å²) in [6.07, 6.45) is 1.29. The van der Waals surface area contributed by atoms with Gasteiger partial charge >= 0.3 is 0 Å². The highest BCUT2D eigenvalue weighted by Crippen LogP contribution is 2.35. The zero-order chi connectivity index (χ0) is 15.5. The molecule has 2 rings (SSSR count). The predicted molar refractivity (Wildman–Crippen MR) is 93.1 cm³/mol. The largest absolute Gasteiger partial charge is 0.493 e. The predicted octanol–water partition coefficient (Wildman–Crippen LogP) is 3.07. The Balaban J connectivity index is 0.00000242. The van der Waals surface area contributed by atoms with E-state index in [4.69, 9.17) is 15.2 Å². The maximum Gasteiger partial charge on any atom is 0.166 e. The molecule has 1 heterocycles. The molecular weight excluding hydrogens is 300 g/mol. The van der Waals surface area contributed by atoms with Gasteiger partial charge in [0.15, 0.2) is 11.5 Å². The first-order valence-corrected chi connectivity index (χ1v) is 7.72. The van der Waals surface area contributed by atoms with E-state index in [1.165, 1.54) is 5.56 Å². The minimum atomic E-state index is 0. The zero-order valence-corrected chi connectivity index (χ0v) is 14.9. The van der Waals surface area contributed by atoms with Crippen molar-refractivity contribution in [1.29, 1.82) is 0 Å². The van der Waals surface area contributed by atoms with Crippen LogP contribution in [0.15, 0.2) is 18.2 Å². The van der Waals surface area contributed by atoms with Gasteiger partial charge in [0.25, 0.3) is 0 Å². The van der Waals surface area contributed by atoms with Crippen LogP contribution in [0.5, 0.6) is 11.5 Å². The molecule has 0 amide bonds. The van der Waals surface area contributed by atoms with Crippen molar-refractivity contribution < 1.29 is 9.47 Å². The zero-order valence-electron chi connectivity index (χ0n) is 14.1. The van der Waals surface area contributed by atoms with Gasteiger partial charge in [0.05, 0.1) is 13.2 Å². The summed E-state index contributed by atoms with van der Waals surface area (Å²) in [7, 11) is 1.69. The van der Waals surface area contributed by atoms with E-state index in [0.29, 0.717) is 0 Å². The molecule has 0 aliphatic carbocycles. The summed E-state index contributed by atoms with van der Waals surface area (Å²) < 4.78 is 11.4. The molecule has 1 aliphatic rings. The molecule has 1 aliphatic heterocycles. The fraction of sp³-hybridized carbons (Fsp3) is 0.647. The lowest BCUT2D eigenvalue weighted by Gasteiger charge is -2.24. The summed E-state index contributed by atoms with van der Waals surface area (Å²) in [4.78, 5) is 2.45. The Bertz CT molecular complexity index is 482. The van der Waals surface area contributed by atoms with Crippen molar-refractivity contribution in [1.82, 2.24) is 4.90 Å². The summed E-state index contributed by atoms with van der Waals surface area (Å²) in [6.45, 7) is 10.1. The molecule has 0 bridgehead atoms. The second-order valence-electron chi connectivity index (χ2n) is 6.59. The van der Waals surface area contributed by atoms with Gasteiger partial charge in [0, 0.05) is 18.7 Å². The van der Waals surface area contributed by atoms with Gasteiger partial charge in [-0.25, -0.2) is 0 Å². The number of benzene rings is 1. The van der Waals surface area contributed by atoms with Crippen LogP contribution in [-0.4, -0.2) is 37.7 Å². The first kappa shape index (κ1) is 19.1. The van der Waals surface area contributed by atoms with E-state index in [-0.39, 0.29) is 23.9 Å². The normalized spacial score (nSPS) is 21.7. The second kappa shape index (κ2) is 8.04. The Morgan fingerprint density at radius 2 is 2.09 bits per heavy atom. The van der Waals surface area contributed by atoms with Gasteiger partial charge in [0.2, 0.25) is 0 Å². The number of methoxy groups -OCH3 is 1. The van der Waals surface area contributed by atoms with E-state index < -0.39 is 0 Å². The summed E-state index contributed by atoms with van der Waals surface area (Å²) in [6, 6.07) is 6.10. The summed E-state index contributed by atoms with van der Waals surface area (Å²) in [5, 5.41) is 0. The monoisotopic (exact) mass is 328 g/mol. The minimum absolute atomic E-state index is 0. The van der Waals surface area contributed by atoms with Crippen molar-refractivity contribution >= 4 is 12.4 Å². The van der Waals surface area contributed by atoms with Gasteiger partial charge in [-0.15, -0.1) is 12.4 Å². The van der Waals surface area contributed by atoms with Crippen molar-refractivity contribution in [2.24, 2.45) is 11.1 Å². The lowest BCUT2D eigenvalue weighted by molar-refractivity contribution is 0.219. The highest BCUT2D eigenvalue weighted by atomic mass is 35.5. The number of likely N-dealkylation sites (tertiary alicyclic amines) is 1. The van der Waals surface area contributed by atoms with Crippen molar-refractivity contribution in [2.75, 3.05) is 26.7 Å². The topological polar surface area (TPSA) is 47.7 Å². The lowest BCUT2D eigenvalue weighted by atomic mass is 9.90. The molecule has 4 nitrogen and oxygen atoms in total. The Morgan fingerprint density at radius 3 is 2.64 bits per heavy atom. The molecule has 22 heavy (non-hydrogen) atoms. The number of nitrogens with two attached hydrogens (primary N) is 1. The number of rotatable bonds is 6. The van der Waals surface area contributed by atoms with Crippen LogP contribution in [-0.2, 0) is 6.54 Å². The highest BCUT2D eigenvalue weighted by molar-refractivity contribution is 5.85. The quantitative estimate of drug-likeness (QED) is 0.871. The Morgan fingerprint density at radius 1 is 1.36 bits per heavy atom. The fourth-order valence-electron chi connectivity index (χ4n) is 2.88. The fourth-order valence-corrected chi connectivity index (χ4v) is 2.88. The molecule has 1 fully saturated rings. The van der Waals surface area contributed by atoms with E-state index >= 15 is 0 Å². The third kappa shape index (κ3) is 4.51. The molecule has 1 saturated heterocycles. The van der Waals surface area contributed by atoms with E-state index in [1.807, 2.05) is 26.0 Å². The number of para-hydroxylation sites is 1. The molecule has 2 N–H and O–H groups in total. The van der Waals surface area contributed by atoms with E-state index in [2.05, 4.69) is 17.9 Å². The summed E-state index contributed by atoms with van der Waals surface area (Å²) >= 11 is 0. The summed E-state index contributed by atoms with van der Waals surface area (Å²) in [5.41, 5.74) is 7.33. The average molecular weight is 329 g/mol. The second-order valence-corrected chi connectivity index (χ2v) is 6.59. The molecule has 0 radical (unpaired) electrons. The average Bonchev–Trinajstić information content (AvgIpc) is 2.82. The van der Waals surface area contributed by atoms with E-state index in [9.17, 15) is 0 Å². The van der Waals surface area contributed by atoms with Gasteiger partial charge in [-0.1, -0.05) is 19.1 Å². The van der Waals surface area contributed by atoms with Crippen LogP contribution in [0.3, 0.4) is 0 Å². The molecule has 0 aromatic heterocycles. The molecule has 126 valence electrons. The third-order valence-electron chi connectivity index (χ3n) is 4.16. The Labute approximate surface area is 140 Å². The molecule has 5 heteroatoms. The van der Waals surface area contributed by atoms with Crippen LogP contribution in [0.25, 0.3) is 0 Å². The highest BCUT2D eigenvalue weighted by Gasteiger charge is 2.32. The van der Waals surface area contributed by atoms with Crippen LogP contribution in [0.1, 0.15) is 32.8 Å². The molecule has 1 aromatic rings. The molecule has 0 spiro atoms. The van der Waals surface area contributed by atoms with Gasteiger partial charge in [-0.3, -0.25) is 4.90 Å². The number of ether oxygens (including phenoxy) is 2. The summed E-state index contributed by atoms with van der Waals surface area (Å²) in [5.74, 6) is 1.68. The minimum Gasteiger partial charge on any atom is -0.493 e. The standard InChI is InChI=1S/C17H28N2O2.ClH/c1-13(2)21-16-14(6-5-7-15(16)20-4)10-19-9-8-17(3,11-18)12-19;/h5-7,13H,8-12,18H2,1-4H3;1H. The number of hydrogen-bond acceptors (Lipinski definition) is 4. The molecular formula is C17H29ClN2O2. The smallest absolute Gasteiger partial charge is 0.166 e. The van der Waals surface area contributed by atoms with Crippen molar-refractivity contribution in [2.45, 2.75) is 39.8 Å². The maximum atomic E-state index is 5.98. The maximum absolute atomic E-state index is 5.98.